The van der Waals surface area contributed by atoms with Crippen LogP contribution < -0.4 is 10.1 Å². The Morgan fingerprint density at radius 1 is 1.11 bits per heavy atom. The van der Waals surface area contributed by atoms with Crippen LogP contribution in [-0.2, 0) is 22.7 Å². The predicted octanol–water partition coefficient (Wildman–Crippen LogP) is 2.37. The number of amides is 3. The fourth-order valence-electron chi connectivity index (χ4n) is 5.64. The number of benzene rings is 1. The number of carbonyl (C=O) groups excluding carboxylic acids is 3. The summed E-state index contributed by atoms with van der Waals surface area (Å²) in [5.41, 5.74) is 5.32. The van der Waals surface area contributed by atoms with Gasteiger partial charge in [-0.1, -0.05) is 0 Å². The Morgan fingerprint density at radius 3 is 2.69 bits per heavy atom. The molecule has 2 fully saturated rings. The molecular formula is C26H27N5O4. The normalized spacial score (nSPS) is 20.5. The van der Waals surface area contributed by atoms with Gasteiger partial charge in [0.25, 0.3) is 5.91 Å². The molecule has 9 heteroatoms. The van der Waals surface area contributed by atoms with Gasteiger partial charge in [0.15, 0.2) is 0 Å². The summed E-state index contributed by atoms with van der Waals surface area (Å²) in [5.74, 6) is -0.307. The third-order valence-corrected chi connectivity index (χ3v) is 7.33. The number of ether oxygens (including phenoxy) is 1. The van der Waals surface area contributed by atoms with Crippen molar-refractivity contribution in [2.75, 3.05) is 20.2 Å². The van der Waals surface area contributed by atoms with Gasteiger partial charge < -0.3 is 9.64 Å². The first-order valence-corrected chi connectivity index (χ1v) is 12.1. The molecule has 1 unspecified atom stereocenters. The molecule has 0 spiro atoms. The van der Waals surface area contributed by atoms with E-state index in [1.54, 1.807) is 18.3 Å². The zero-order valence-electron chi connectivity index (χ0n) is 19.6. The Morgan fingerprint density at radius 2 is 1.91 bits per heavy atom. The van der Waals surface area contributed by atoms with Crippen LogP contribution in [0.1, 0.15) is 47.2 Å². The largest absolute Gasteiger partial charge is 0.496 e. The highest BCUT2D eigenvalue weighted by atomic mass is 16.5. The Kier molecular flexibility index (Phi) is 5.29. The fourth-order valence-corrected chi connectivity index (χ4v) is 5.64. The Balaban J connectivity index is 1.40. The number of hydrogen-bond donors (Lipinski definition) is 1. The molecule has 3 aliphatic heterocycles. The summed E-state index contributed by atoms with van der Waals surface area (Å²) < 4.78 is 7.93. The van der Waals surface area contributed by atoms with Crippen LogP contribution in [0.5, 0.6) is 5.75 Å². The van der Waals surface area contributed by atoms with Crippen molar-refractivity contribution < 1.29 is 19.1 Å². The van der Waals surface area contributed by atoms with E-state index in [0.717, 1.165) is 42.0 Å². The van der Waals surface area contributed by atoms with Crippen molar-refractivity contribution >= 4 is 23.2 Å². The number of hydrogen-bond acceptors (Lipinski definition) is 6. The molecule has 6 rings (SSSR count). The zero-order valence-corrected chi connectivity index (χ0v) is 19.6. The number of methoxy groups -OCH3 is 1. The number of pyridine rings is 1. The second-order valence-corrected chi connectivity index (χ2v) is 9.49. The topological polar surface area (TPSA) is 96.2 Å². The molecule has 0 aliphatic carbocycles. The minimum Gasteiger partial charge on any atom is -0.496 e. The van der Waals surface area contributed by atoms with Crippen molar-refractivity contribution in [3.8, 4) is 17.0 Å². The van der Waals surface area contributed by atoms with Gasteiger partial charge in [-0.15, -0.1) is 0 Å². The number of fused-ring (bicyclic) bond motifs is 2. The summed E-state index contributed by atoms with van der Waals surface area (Å²) in [7, 11) is 1.61. The van der Waals surface area contributed by atoms with Crippen LogP contribution in [0.25, 0.3) is 16.8 Å². The third kappa shape index (κ3) is 3.67. The lowest BCUT2D eigenvalue weighted by atomic mass is 10.00. The van der Waals surface area contributed by atoms with Gasteiger partial charge in [0, 0.05) is 29.7 Å². The molecule has 1 atom stereocenters. The number of piperidine rings is 1. The number of imidazole rings is 1. The van der Waals surface area contributed by atoms with Crippen molar-refractivity contribution in [3.63, 3.8) is 0 Å². The summed E-state index contributed by atoms with van der Waals surface area (Å²) in [6.45, 7) is 3.36. The lowest BCUT2D eigenvalue weighted by Crippen LogP contribution is -2.52. The average Bonchev–Trinajstić information content (AvgIpc) is 3.59. The molecule has 3 amide bonds. The lowest BCUT2D eigenvalue weighted by Gasteiger charge is -2.29. The van der Waals surface area contributed by atoms with Gasteiger partial charge in [0.2, 0.25) is 11.8 Å². The second-order valence-electron chi connectivity index (χ2n) is 9.49. The molecule has 0 bridgehead atoms. The van der Waals surface area contributed by atoms with E-state index in [9.17, 15) is 14.4 Å². The van der Waals surface area contributed by atoms with Crippen LogP contribution in [0.4, 0.5) is 0 Å². The number of likely N-dealkylation sites (tertiary alicyclic amines) is 1. The molecule has 2 saturated heterocycles. The smallest absolute Gasteiger partial charge is 0.255 e. The second kappa shape index (κ2) is 8.49. The van der Waals surface area contributed by atoms with E-state index in [1.807, 2.05) is 22.7 Å². The maximum atomic E-state index is 13.2. The van der Waals surface area contributed by atoms with Crippen molar-refractivity contribution in [3.05, 3.63) is 53.5 Å². The number of carbonyl (C=O) groups is 3. The van der Waals surface area contributed by atoms with Crippen molar-refractivity contribution in [2.24, 2.45) is 0 Å². The van der Waals surface area contributed by atoms with Gasteiger partial charge in [-0.25, -0.2) is 4.98 Å². The molecule has 2 aromatic heterocycles. The number of imide groups is 1. The Hall–Kier alpha value is -3.72. The van der Waals surface area contributed by atoms with E-state index < -0.39 is 11.9 Å². The van der Waals surface area contributed by atoms with Crippen molar-refractivity contribution in [1.29, 1.82) is 0 Å². The number of nitrogens with zero attached hydrogens (tertiary/aromatic N) is 4. The summed E-state index contributed by atoms with van der Waals surface area (Å²) in [5, 5.41) is 2.36. The summed E-state index contributed by atoms with van der Waals surface area (Å²) >= 11 is 0. The average molecular weight is 474 g/mol. The van der Waals surface area contributed by atoms with Gasteiger partial charge in [0.05, 0.1) is 37.4 Å². The van der Waals surface area contributed by atoms with Gasteiger partial charge in [0.1, 0.15) is 11.8 Å². The number of rotatable bonds is 5. The molecular weight excluding hydrogens is 446 g/mol. The minimum absolute atomic E-state index is 0.213. The van der Waals surface area contributed by atoms with Crippen LogP contribution in [0, 0.1) is 0 Å². The number of aromatic nitrogens is 2. The molecule has 0 radical (unpaired) electrons. The minimum atomic E-state index is -0.662. The Bertz CT molecular complexity index is 1360. The first-order valence-electron chi connectivity index (χ1n) is 12.1. The van der Waals surface area contributed by atoms with Crippen LogP contribution in [0.15, 0.2) is 36.8 Å². The molecule has 9 nitrogen and oxygen atoms in total. The van der Waals surface area contributed by atoms with E-state index in [-0.39, 0.29) is 24.8 Å². The first-order chi connectivity index (χ1) is 17.0. The maximum absolute atomic E-state index is 13.2. The SMILES string of the molecule is COc1c(-c2cc(CN3CCCC3)cc3cncn23)ccc2c1CN(C1CCC(=O)NC1=O)C2=O. The summed E-state index contributed by atoms with van der Waals surface area (Å²) in [6, 6.07) is 7.41. The molecule has 5 heterocycles. The molecule has 1 aromatic carbocycles. The fraction of sp³-hybridized carbons (Fsp3) is 0.385. The van der Waals surface area contributed by atoms with Crippen LogP contribution in [0.3, 0.4) is 0 Å². The van der Waals surface area contributed by atoms with E-state index in [4.69, 9.17) is 4.74 Å². The maximum Gasteiger partial charge on any atom is 0.255 e. The van der Waals surface area contributed by atoms with E-state index >= 15 is 0 Å². The highest BCUT2D eigenvalue weighted by Crippen LogP contribution is 2.41. The van der Waals surface area contributed by atoms with Crippen LogP contribution in [0.2, 0.25) is 0 Å². The van der Waals surface area contributed by atoms with Gasteiger partial charge in [-0.2, -0.15) is 0 Å². The summed E-state index contributed by atoms with van der Waals surface area (Å²) in [4.78, 5) is 45.7. The van der Waals surface area contributed by atoms with Crippen LogP contribution >= 0.6 is 0 Å². The van der Waals surface area contributed by atoms with Crippen molar-refractivity contribution in [1.82, 2.24) is 24.5 Å². The molecule has 1 N–H and O–H groups in total. The Labute approximate surface area is 202 Å². The number of nitrogens with one attached hydrogen (secondary N) is 1. The van der Waals surface area contributed by atoms with E-state index in [2.05, 4.69) is 27.3 Å². The van der Waals surface area contributed by atoms with E-state index in [1.165, 1.54) is 18.4 Å². The molecule has 35 heavy (non-hydrogen) atoms. The quantitative estimate of drug-likeness (QED) is 0.572. The lowest BCUT2D eigenvalue weighted by molar-refractivity contribution is -0.136. The highest BCUT2D eigenvalue weighted by Gasteiger charge is 2.40. The van der Waals surface area contributed by atoms with Gasteiger partial charge >= 0.3 is 0 Å². The standard InChI is InChI=1S/C26H27N5O4/c1-35-24-19(22-11-16(13-29-8-2-3-9-29)10-17-12-27-15-31(17)22)5-4-18-20(24)14-30(26(18)34)21-6-7-23(32)28-25(21)33/h4-5,10-12,15,21H,2-3,6-9,13-14H2,1H3,(H,28,32,33). The first kappa shape index (κ1) is 21.8. The van der Waals surface area contributed by atoms with E-state index in [0.29, 0.717) is 17.7 Å². The molecule has 0 saturated carbocycles. The molecule has 180 valence electrons. The van der Waals surface area contributed by atoms with Crippen LogP contribution in [-0.4, -0.2) is 63.1 Å². The predicted molar refractivity (Wildman–Crippen MR) is 128 cm³/mol. The molecule has 3 aromatic rings. The monoisotopic (exact) mass is 473 g/mol. The third-order valence-electron chi connectivity index (χ3n) is 7.33. The summed E-state index contributed by atoms with van der Waals surface area (Å²) in [6.07, 6.45) is 6.66. The highest BCUT2D eigenvalue weighted by molar-refractivity contribution is 6.06. The molecule has 3 aliphatic rings. The van der Waals surface area contributed by atoms with Crippen molar-refractivity contribution in [2.45, 2.75) is 44.8 Å². The zero-order chi connectivity index (χ0) is 24.1. The van der Waals surface area contributed by atoms with Gasteiger partial charge in [-0.3, -0.25) is 29.0 Å². The van der Waals surface area contributed by atoms with Gasteiger partial charge in [-0.05, 0) is 62.2 Å².